The van der Waals surface area contributed by atoms with Crippen molar-refractivity contribution in [2.45, 2.75) is 25.2 Å². The number of hydrogen-bond donors (Lipinski definition) is 0. The van der Waals surface area contributed by atoms with Crippen molar-refractivity contribution in [3.63, 3.8) is 0 Å². The Kier molecular flexibility index (Phi) is 4.17. The smallest absolute Gasteiger partial charge is 0.214 e. The third kappa shape index (κ3) is 3.23. The fourth-order valence-corrected chi connectivity index (χ4v) is 6.31. The molecule has 8 heteroatoms. The first-order valence-electron chi connectivity index (χ1n) is 9.85. The highest BCUT2D eigenvalue weighted by atomic mass is 32.2. The second kappa shape index (κ2) is 6.42. The van der Waals surface area contributed by atoms with Gasteiger partial charge in [-0.3, -0.25) is 0 Å². The number of aromatic nitrogens is 2. The van der Waals surface area contributed by atoms with Crippen molar-refractivity contribution in [3.05, 3.63) is 18.1 Å². The lowest BCUT2D eigenvalue weighted by atomic mass is 10.0. The van der Waals surface area contributed by atoms with Crippen LogP contribution in [0.1, 0.15) is 30.9 Å². The maximum atomic E-state index is 11.9. The Labute approximate surface area is 155 Å². The molecule has 5 rings (SSSR count). The largest absolute Gasteiger partial charge is 0.356 e. The molecular weight excluding hydrogens is 350 g/mol. The van der Waals surface area contributed by atoms with Crippen molar-refractivity contribution in [3.8, 4) is 0 Å². The zero-order chi connectivity index (χ0) is 17.7. The van der Waals surface area contributed by atoms with Crippen LogP contribution in [-0.2, 0) is 10.0 Å². The van der Waals surface area contributed by atoms with Gasteiger partial charge in [-0.2, -0.15) is 0 Å². The van der Waals surface area contributed by atoms with Crippen molar-refractivity contribution in [1.29, 1.82) is 0 Å². The monoisotopic (exact) mass is 377 g/mol. The van der Waals surface area contributed by atoms with Gasteiger partial charge in [0.05, 0.1) is 5.75 Å². The minimum atomic E-state index is -2.96. The molecule has 2 atom stereocenters. The van der Waals surface area contributed by atoms with Crippen LogP contribution in [0.15, 0.2) is 12.4 Å². The molecule has 1 saturated carbocycles. The number of likely N-dealkylation sites (tertiary alicyclic amines) is 1. The van der Waals surface area contributed by atoms with E-state index in [9.17, 15) is 8.42 Å². The zero-order valence-electron chi connectivity index (χ0n) is 15.1. The summed E-state index contributed by atoms with van der Waals surface area (Å²) in [7, 11) is -2.96. The molecule has 0 radical (unpaired) electrons. The van der Waals surface area contributed by atoms with Crippen LogP contribution in [0.2, 0.25) is 0 Å². The first kappa shape index (κ1) is 16.9. The van der Waals surface area contributed by atoms with Gasteiger partial charge in [-0.05, 0) is 31.1 Å². The van der Waals surface area contributed by atoms with Crippen LogP contribution in [-0.4, -0.2) is 79.2 Å². The first-order chi connectivity index (χ1) is 12.6. The van der Waals surface area contributed by atoms with Gasteiger partial charge < -0.3 is 9.80 Å². The molecule has 1 aliphatic carbocycles. The number of anilines is 1. The fraction of sp³-hybridized carbons (Fsp3) is 0.778. The normalized spacial score (nSPS) is 31.6. The molecule has 0 aromatic carbocycles. The predicted octanol–water partition coefficient (Wildman–Crippen LogP) is 0.758. The molecule has 2 unspecified atom stereocenters. The van der Waals surface area contributed by atoms with Gasteiger partial charge in [-0.1, -0.05) is 0 Å². The summed E-state index contributed by atoms with van der Waals surface area (Å²) in [5.74, 6) is 3.42. The number of nitrogens with zero attached hydrogens (tertiary/aromatic N) is 5. The average Bonchev–Trinajstić information content (AvgIpc) is 3.17. The van der Waals surface area contributed by atoms with E-state index in [0.717, 1.165) is 45.0 Å². The zero-order valence-corrected chi connectivity index (χ0v) is 15.9. The Bertz CT molecular complexity index is 768. The SMILES string of the molecule is O=S1(=O)CCCN1CCN1CC2CN(c3cc(C4CC4)ncn3)CC2C1. The Morgan fingerprint density at radius 3 is 2.46 bits per heavy atom. The molecule has 7 nitrogen and oxygen atoms in total. The van der Waals surface area contributed by atoms with Gasteiger partial charge in [0, 0.05) is 63.5 Å². The van der Waals surface area contributed by atoms with Crippen molar-refractivity contribution in [1.82, 2.24) is 19.2 Å². The maximum absolute atomic E-state index is 11.9. The fourth-order valence-electron chi connectivity index (χ4n) is 4.79. The van der Waals surface area contributed by atoms with Crippen molar-refractivity contribution in [2.24, 2.45) is 11.8 Å². The minimum absolute atomic E-state index is 0.328. The molecule has 4 aliphatic rings. The van der Waals surface area contributed by atoms with Gasteiger partial charge in [0.25, 0.3) is 0 Å². The Morgan fingerprint density at radius 2 is 1.81 bits per heavy atom. The van der Waals surface area contributed by atoms with Gasteiger partial charge >= 0.3 is 0 Å². The van der Waals surface area contributed by atoms with Crippen LogP contribution in [0, 0.1) is 11.8 Å². The van der Waals surface area contributed by atoms with Gasteiger partial charge in [-0.15, -0.1) is 0 Å². The maximum Gasteiger partial charge on any atom is 0.214 e. The van der Waals surface area contributed by atoms with Crippen LogP contribution in [0.5, 0.6) is 0 Å². The highest BCUT2D eigenvalue weighted by molar-refractivity contribution is 7.89. The molecular formula is C18H27N5O2S. The molecule has 4 heterocycles. The lowest BCUT2D eigenvalue weighted by Gasteiger charge is -2.24. The van der Waals surface area contributed by atoms with Crippen LogP contribution >= 0.6 is 0 Å². The first-order valence-corrected chi connectivity index (χ1v) is 11.5. The van der Waals surface area contributed by atoms with Crippen LogP contribution < -0.4 is 4.90 Å². The topological polar surface area (TPSA) is 69.6 Å². The van der Waals surface area contributed by atoms with E-state index in [4.69, 9.17) is 0 Å². The summed E-state index contributed by atoms with van der Waals surface area (Å²) < 4.78 is 25.5. The van der Waals surface area contributed by atoms with Crippen molar-refractivity contribution >= 4 is 15.8 Å². The number of rotatable bonds is 5. The summed E-state index contributed by atoms with van der Waals surface area (Å²) in [6.07, 6.45) is 5.04. The molecule has 0 bridgehead atoms. The van der Waals surface area contributed by atoms with Crippen molar-refractivity contribution < 1.29 is 8.42 Å². The summed E-state index contributed by atoms with van der Waals surface area (Å²) >= 11 is 0. The number of fused-ring (bicyclic) bond motifs is 1. The van der Waals surface area contributed by atoms with E-state index in [0.29, 0.717) is 36.6 Å². The molecule has 1 aromatic rings. The van der Waals surface area contributed by atoms with Gasteiger partial charge in [0.15, 0.2) is 0 Å². The lowest BCUT2D eigenvalue weighted by molar-refractivity contribution is 0.286. The number of hydrogen-bond acceptors (Lipinski definition) is 6. The number of sulfonamides is 1. The van der Waals surface area contributed by atoms with E-state index in [1.54, 1.807) is 10.6 Å². The summed E-state index contributed by atoms with van der Waals surface area (Å²) in [5.41, 5.74) is 1.21. The van der Waals surface area contributed by atoms with Crippen LogP contribution in [0.4, 0.5) is 5.82 Å². The molecule has 0 spiro atoms. The average molecular weight is 378 g/mol. The molecule has 3 aliphatic heterocycles. The highest BCUT2D eigenvalue weighted by Gasteiger charge is 2.41. The van der Waals surface area contributed by atoms with E-state index in [1.165, 1.54) is 18.5 Å². The molecule has 26 heavy (non-hydrogen) atoms. The minimum Gasteiger partial charge on any atom is -0.356 e. The predicted molar refractivity (Wildman–Crippen MR) is 99.6 cm³/mol. The third-order valence-electron chi connectivity index (χ3n) is 6.42. The van der Waals surface area contributed by atoms with Gasteiger partial charge in [0.2, 0.25) is 10.0 Å². The summed E-state index contributed by atoms with van der Waals surface area (Å²) in [5, 5.41) is 0. The van der Waals surface area contributed by atoms with Crippen LogP contribution in [0.3, 0.4) is 0 Å². The second-order valence-corrected chi connectivity index (χ2v) is 10.4. The lowest BCUT2D eigenvalue weighted by Crippen LogP contribution is -2.36. The van der Waals surface area contributed by atoms with Gasteiger partial charge in [0.1, 0.15) is 12.1 Å². The second-order valence-electron chi connectivity index (χ2n) is 8.33. The quantitative estimate of drug-likeness (QED) is 0.755. The van der Waals surface area contributed by atoms with E-state index in [-0.39, 0.29) is 0 Å². The van der Waals surface area contributed by atoms with E-state index in [1.807, 2.05) is 0 Å². The Balaban J connectivity index is 1.16. The van der Waals surface area contributed by atoms with Crippen LogP contribution in [0.25, 0.3) is 0 Å². The Morgan fingerprint density at radius 1 is 1.04 bits per heavy atom. The molecule has 0 N–H and O–H groups in total. The molecule has 3 saturated heterocycles. The van der Waals surface area contributed by atoms with E-state index >= 15 is 0 Å². The molecule has 4 fully saturated rings. The van der Waals surface area contributed by atoms with E-state index < -0.39 is 10.0 Å². The van der Waals surface area contributed by atoms with Crippen molar-refractivity contribution in [2.75, 3.05) is 56.5 Å². The highest BCUT2D eigenvalue weighted by Crippen LogP contribution is 2.40. The summed E-state index contributed by atoms with van der Waals surface area (Å²) in [6, 6.07) is 2.19. The standard InChI is InChI=1S/C18H27N5O2S/c24-26(25)7-1-4-23(26)6-5-21-9-15-11-22(12-16(15)10-21)18-8-17(14-2-3-14)19-13-20-18/h8,13-16H,1-7,9-12H2. The third-order valence-corrected chi connectivity index (χ3v) is 8.38. The summed E-state index contributed by atoms with van der Waals surface area (Å²) in [4.78, 5) is 13.8. The molecule has 142 valence electrons. The summed E-state index contributed by atoms with van der Waals surface area (Å²) in [6.45, 7) is 6.50. The molecule has 0 amide bonds. The van der Waals surface area contributed by atoms with Gasteiger partial charge in [-0.25, -0.2) is 22.7 Å². The van der Waals surface area contributed by atoms with E-state index in [2.05, 4.69) is 25.8 Å². The molecule has 1 aromatic heterocycles. The Hall–Kier alpha value is -1.25.